The third-order valence-corrected chi connectivity index (χ3v) is 6.13. The van der Waals surface area contributed by atoms with Crippen LogP contribution in [0.1, 0.15) is 17.3 Å². The van der Waals surface area contributed by atoms with Crippen molar-refractivity contribution in [2.45, 2.75) is 24.4 Å². The lowest BCUT2D eigenvalue weighted by Crippen LogP contribution is -2.50. The molecular weight excluding hydrogens is 361 g/mol. The van der Waals surface area contributed by atoms with Crippen LogP contribution < -0.4 is 0 Å². The average Bonchev–Trinajstić information content (AvgIpc) is 3.21. The van der Waals surface area contributed by atoms with Crippen LogP contribution in [0.25, 0.3) is 0 Å². The lowest BCUT2D eigenvalue weighted by Gasteiger charge is -2.37. The molecule has 0 atom stereocenters. The van der Waals surface area contributed by atoms with Crippen LogP contribution in [0, 0.1) is 12.7 Å². The molecule has 0 unspecified atom stereocenters. The van der Waals surface area contributed by atoms with Crippen molar-refractivity contribution in [3.05, 3.63) is 53.9 Å². The molecule has 0 aliphatic carbocycles. The Morgan fingerprint density at radius 1 is 1.23 bits per heavy atom. The summed E-state index contributed by atoms with van der Waals surface area (Å²) < 4.78 is 41.6. The van der Waals surface area contributed by atoms with Crippen LogP contribution in [-0.4, -0.2) is 55.8 Å². The van der Waals surface area contributed by atoms with E-state index in [1.807, 2.05) is 0 Å². The maximum Gasteiger partial charge on any atom is 0.243 e. The first-order valence-corrected chi connectivity index (χ1v) is 9.38. The van der Waals surface area contributed by atoms with E-state index in [4.69, 9.17) is 0 Å². The molecule has 0 bridgehead atoms. The summed E-state index contributed by atoms with van der Waals surface area (Å²) >= 11 is 0. The molecule has 11 heteroatoms. The number of aromatic nitrogens is 6. The number of benzene rings is 1. The molecule has 0 amide bonds. The van der Waals surface area contributed by atoms with Gasteiger partial charge in [0.2, 0.25) is 10.0 Å². The van der Waals surface area contributed by atoms with Gasteiger partial charge in [0.25, 0.3) is 0 Å². The maximum atomic E-state index is 13.4. The zero-order valence-corrected chi connectivity index (χ0v) is 14.7. The highest BCUT2D eigenvalue weighted by Gasteiger charge is 2.38. The minimum atomic E-state index is -3.64. The first kappa shape index (κ1) is 16.8. The number of nitrogens with zero attached hydrogens (tertiary/aromatic N) is 7. The van der Waals surface area contributed by atoms with E-state index < -0.39 is 15.8 Å². The number of hydrogen-bond donors (Lipinski definition) is 0. The SMILES string of the molecule is Cc1cc(S(=O)(=O)N2CC(n3cc(Cn4nccn4)nn3)C2)ccc1F. The third-order valence-electron chi connectivity index (χ3n) is 4.30. The Morgan fingerprint density at radius 3 is 2.65 bits per heavy atom. The summed E-state index contributed by atoms with van der Waals surface area (Å²) in [6, 6.07) is 3.73. The molecule has 9 nitrogen and oxygen atoms in total. The Morgan fingerprint density at radius 2 is 1.96 bits per heavy atom. The summed E-state index contributed by atoms with van der Waals surface area (Å²) in [7, 11) is -3.64. The van der Waals surface area contributed by atoms with Gasteiger partial charge < -0.3 is 0 Å². The Hall–Kier alpha value is -2.66. The Kier molecular flexibility index (Phi) is 4.04. The lowest BCUT2D eigenvalue weighted by atomic mass is 10.2. The Labute approximate surface area is 149 Å². The normalized spacial score (nSPS) is 15.9. The fourth-order valence-corrected chi connectivity index (χ4v) is 4.34. The number of rotatable bonds is 5. The van der Waals surface area contributed by atoms with E-state index in [1.165, 1.54) is 27.3 Å². The van der Waals surface area contributed by atoms with E-state index in [0.29, 0.717) is 30.9 Å². The molecule has 0 saturated carbocycles. The van der Waals surface area contributed by atoms with Gasteiger partial charge in [0.05, 0.1) is 29.5 Å². The quantitative estimate of drug-likeness (QED) is 0.646. The van der Waals surface area contributed by atoms with Crippen LogP contribution in [0.2, 0.25) is 0 Å². The van der Waals surface area contributed by atoms with Gasteiger partial charge in [0.1, 0.15) is 18.1 Å². The van der Waals surface area contributed by atoms with Crippen LogP contribution in [0.5, 0.6) is 0 Å². The number of hydrogen-bond acceptors (Lipinski definition) is 6. The Bertz CT molecular complexity index is 1030. The van der Waals surface area contributed by atoms with E-state index in [-0.39, 0.29) is 10.9 Å². The summed E-state index contributed by atoms with van der Waals surface area (Å²) in [4.78, 5) is 1.59. The summed E-state index contributed by atoms with van der Waals surface area (Å²) in [5.41, 5.74) is 0.993. The highest BCUT2D eigenvalue weighted by molar-refractivity contribution is 7.89. The molecular formula is C15H16FN7O2S. The zero-order valence-electron chi connectivity index (χ0n) is 13.9. The van der Waals surface area contributed by atoms with E-state index in [0.717, 1.165) is 0 Å². The molecule has 1 fully saturated rings. The molecule has 2 aromatic heterocycles. The molecule has 0 radical (unpaired) electrons. The first-order valence-electron chi connectivity index (χ1n) is 7.94. The number of sulfonamides is 1. The van der Waals surface area contributed by atoms with Gasteiger partial charge in [-0.2, -0.15) is 19.3 Å². The molecule has 1 aliphatic heterocycles. The fraction of sp³-hybridized carbons (Fsp3) is 0.333. The van der Waals surface area contributed by atoms with Gasteiger partial charge in [-0.25, -0.2) is 17.5 Å². The van der Waals surface area contributed by atoms with Crippen molar-refractivity contribution < 1.29 is 12.8 Å². The van der Waals surface area contributed by atoms with Gasteiger partial charge in [-0.3, -0.25) is 0 Å². The van der Waals surface area contributed by atoms with Crippen molar-refractivity contribution in [1.82, 2.24) is 34.3 Å². The minimum absolute atomic E-state index is 0.0850. The molecule has 3 aromatic rings. The molecule has 0 N–H and O–H groups in total. The smallest absolute Gasteiger partial charge is 0.243 e. The standard InChI is InChI=1S/C15H16FN7O2S/c1-11-6-14(2-3-15(11)16)26(24,25)21-9-13(10-21)22-7-12(19-20-22)8-23-17-4-5-18-23/h2-7,13H,8-10H2,1H3. The lowest BCUT2D eigenvalue weighted by molar-refractivity contribution is 0.189. The van der Waals surface area contributed by atoms with E-state index in [9.17, 15) is 12.8 Å². The second kappa shape index (κ2) is 6.25. The molecule has 0 spiro atoms. The number of halogens is 1. The largest absolute Gasteiger partial charge is 0.246 e. The molecule has 3 heterocycles. The van der Waals surface area contributed by atoms with Crippen molar-refractivity contribution in [1.29, 1.82) is 0 Å². The predicted octanol–water partition coefficient (Wildman–Crippen LogP) is 0.611. The van der Waals surface area contributed by atoms with Crippen LogP contribution >= 0.6 is 0 Å². The van der Waals surface area contributed by atoms with Crippen molar-refractivity contribution in [3.63, 3.8) is 0 Å². The molecule has 1 aliphatic rings. The second-order valence-electron chi connectivity index (χ2n) is 6.14. The van der Waals surface area contributed by atoms with Crippen molar-refractivity contribution >= 4 is 10.0 Å². The topological polar surface area (TPSA) is 98.8 Å². The average molecular weight is 377 g/mol. The Balaban J connectivity index is 1.43. The van der Waals surface area contributed by atoms with Gasteiger partial charge in [0.15, 0.2) is 0 Å². The van der Waals surface area contributed by atoms with Gasteiger partial charge in [-0.1, -0.05) is 5.21 Å². The zero-order chi connectivity index (χ0) is 18.3. The molecule has 1 saturated heterocycles. The molecule has 1 aromatic carbocycles. The highest BCUT2D eigenvalue weighted by Crippen LogP contribution is 2.28. The summed E-state index contributed by atoms with van der Waals surface area (Å²) in [5, 5.41) is 16.1. The molecule has 26 heavy (non-hydrogen) atoms. The summed E-state index contributed by atoms with van der Waals surface area (Å²) in [6.45, 7) is 2.53. The fourth-order valence-electron chi connectivity index (χ4n) is 2.74. The first-order chi connectivity index (χ1) is 12.4. The van der Waals surface area contributed by atoms with Crippen LogP contribution in [0.15, 0.2) is 41.7 Å². The van der Waals surface area contributed by atoms with Crippen LogP contribution in [0.4, 0.5) is 4.39 Å². The second-order valence-corrected chi connectivity index (χ2v) is 8.07. The molecule has 4 rings (SSSR count). The van der Waals surface area contributed by atoms with E-state index >= 15 is 0 Å². The maximum absolute atomic E-state index is 13.4. The third kappa shape index (κ3) is 2.99. The van der Waals surface area contributed by atoms with Gasteiger partial charge in [-0.15, -0.1) is 5.10 Å². The highest BCUT2D eigenvalue weighted by atomic mass is 32.2. The van der Waals surface area contributed by atoms with Crippen molar-refractivity contribution in [3.8, 4) is 0 Å². The van der Waals surface area contributed by atoms with Gasteiger partial charge in [0, 0.05) is 13.1 Å². The predicted molar refractivity (Wildman–Crippen MR) is 88.1 cm³/mol. The summed E-state index contributed by atoms with van der Waals surface area (Å²) in [5.74, 6) is -0.424. The van der Waals surface area contributed by atoms with Gasteiger partial charge >= 0.3 is 0 Å². The van der Waals surface area contributed by atoms with Crippen LogP contribution in [0.3, 0.4) is 0 Å². The van der Waals surface area contributed by atoms with Gasteiger partial charge in [-0.05, 0) is 30.7 Å². The van der Waals surface area contributed by atoms with Crippen molar-refractivity contribution in [2.75, 3.05) is 13.1 Å². The van der Waals surface area contributed by atoms with Crippen molar-refractivity contribution in [2.24, 2.45) is 0 Å². The molecule has 136 valence electrons. The monoisotopic (exact) mass is 377 g/mol. The summed E-state index contributed by atoms with van der Waals surface area (Å²) in [6.07, 6.45) is 4.92. The van der Waals surface area contributed by atoms with E-state index in [1.54, 1.807) is 30.2 Å². The van der Waals surface area contributed by atoms with Crippen LogP contribution in [-0.2, 0) is 16.6 Å². The van der Waals surface area contributed by atoms with E-state index in [2.05, 4.69) is 20.5 Å². The minimum Gasteiger partial charge on any atom is -0.246 e. The number of aryl methyl sites for hydroxylation is 1.